The number of nitrogens with zero attached hydrogens (tertiary/aromatic N) is 1. The molecule has 1 N–H and O–H groups in total. The smallest absolute Gasteiger partial charge is 0.357 e. The van der Waals surface area contributed by atoms with E-state index in [0.29, 0.717) is 36.3 Å². The topological polar surface area (TPSA) is 67.9 Å². The first-order valence-corrected chi connectivity index (χ1v) is 9.94. The molecule has 0 bridgehead atoms. The molecule has 1 aliphatic heterocycles. The Bertz CT molecular complexity index is 930. The molecule has 3 rings (SSSR count). The summed E-state index contributed by atoms with van der Waals surface area (Å²) >= 11 is 0. The minimum Gasteiger partial charge on any atom is -0.361 e. The predicted molar refractivity (Wildman–Crippen MR) is 111 cm³/mol. The zero-order valence-electron chi connectivity index (χ0n) is 17.7. The van der Waals surface area contributed by atoms with Crippen LogP contribution in [0.5, 0.6) is 0 Å². The minimum atomic E-state index is -0.770. The lowest BCUT2D eigenvalue weighted by Crippen LogP contribution is -2.45. The monoisotopic (exact) mass is 414 g/mol. The van der Waals surface area contributed by atoms with E-state index in [9.17, 15) is 14.0 Å². The Morgan fingerprint density at radius 3 is 2.63 bits per heavy atom. The third kappa shape index (κ3) is 5.04. The first-order chi connectivity index (χ1) is 14.2. The van der Waals surface area contributed by atoms with Gasteiger partial charge in [0, 0.05) is 12.6 Å². The van der Waals surface area contributed by atoms with Crippen molar-refractivity contribution < 1.29 is 23.6 Å². The summed E-state index contributed by atoms with van der Waals surface area (Å²) in [6, 6.07) is 11.7. The van der Waals surface area contributed by atoms with Crippen molar-refractivity contribution in [2.24, 2.45) is 0 Å². The van der Waals surface area contributed by atoms with Crippen molar-refractivity contribution in [3.05, 3.63) is 65.0 Å². The molecule has 30 heavy (non-hydrogen) atoms. The van der Waals surface area contributed by atoms with Gasteiger partial charge in [-0.25, -0.2) is 9.18 Å². The maximum absolute atomic E-state index is 14.3. The van der Waals surface area contributed by atoms with Crippen LogP contribution in [0.1, 0.15) is 48.7 Å². The molecule has 1 atom stereocenters. The van der Waals surface area contributed by atoms with Crippen molar-refractivity contribution in [1.29, 1.82) is 0 Å². The van der Waals surface area contributed by atoms with Crippen molar-refractivity contribution in [3.8, 4) is 0 Å². The number of anilines is 1. The molecule has 0 aliphatic carbocycles. The SMILES string of the molecule is CC(=O)Nc1cc(F)c(C)c(CC[C@H]2COC(C)(C)N2OC(=O)c2ccccc2)c1. The highest BCUT2D eigenvalue weighted by molar-refractivity contribution is 5.89. The van der Waals surface area contributed by atoms with Crippen LogP contribution in [0.4, 0.5) is 10.1 Å². The lowest BCUT2D eigenvalue weighted by Gasteiger charge is -2.31. The molecule has 0 unspecified atom stereocenters. The van der Waals surface area contributed by atoms with Gasteiger partial charge in [-0.15, -0.1) is 5.06 Å². The number of ether oxygens (including phenoxy) is 1. The van der Waals surface area contributed by atoms with Gasteiger partial charge in [0.15, 0.2) is 0 Å². The van der Waals surface area contributed by atoms with E-state index in [-0.39, 0.29) is 17.8 Å². The number of halogens is 1. The van der Waals surface area contributed by atoms with E-state index in [0.717, 1.165) is 5.56 Å². The third-order valence-electron chi connectivity index (χ3n) is 5.20. The van der Waals surface area contributed by atoms with Gasteiger partial charge in [0.2, 0.25) is 5.91 Å². The molecule has 7 heteroatoms. The van der Waals surface area contributed by atoms with E-state index in [1.807, 2.05) is 19.9 Å². The number of carbonyl (C=O) groups excluding carboxylic acids is 2. The fourth-order valence-electron chi connectivity index (χ4n) is 3.57. The maximum atomic E-state index is 14.3. The van der Waals surface area contributed by atoms with E-state index >= 15 is 0 Å². The Labute approximate surface area is 175 Å². The van der Waals surface area contributed by atoms with Crippen molar-refractivity contribution in [1.82, 2.24) is 5.06 Å². The van der Waals surface area contributed by atoms with Gasteiger partial charge >= 0.3 is 5.97 Å². The third-order valence-corrected chi connectivity index (χ3v) is 5.20. The summed E-state index contributed by atoms with van der Waals surface area (Å²) in [6.45, 7) is 7.17. The summed E-state index contributed by atoms with van der Waals surface area (Å²) in [5.41, 5.74) is 1.44. The highest BCUT2D eigenvalue weighted by atomic mass is 19.1. The van der Waals surface area contributed by atoms with Crippen LogP contribution >= 0.6 is 0 Å². The van der Waals surface area contributed by atoms with Gasteiger partial charge in [-0.1, -0.05) is 18.2 Å². The van der Waals surface area contributed by atoms with Crippen LogP contribution in [0.15, 0.2) is 42.5 Å². The summed E-state index contributed by atoms with van der Waals surface area (Å²) in [4.78, 5) is 29.5. The molecule has 6 nitrogen and oxygen atoms in total. The van der Waals surface area contributed by atoms with E-state index < -0.39 is 11.7 Å². The van der Waals surface area contributed by atoms with Crippen LogP contribution in [-0.2, 0) is 20.8 Å². The van der Waals surface area contributed by atoms with Gasteiger partial charge in [-0.3, -0.25) is 4.79 Å². The van der Waals surface area contributed by atoms with E-state index in [1.54, 1.807) is 42.3 Å². The molecular formula is C23H27FN2O4. The quantitative estimate of drug-likeness (QED) is 0.766. The van der Waals surface area contributed by atoms with Crippen molar-refractivity contribution in [2.45, 2.75) is 52.3 Å². The first-order valence-electron chi connectivity index (χ1n) is 9.94. The number of hydrogen-bond acceptors (Lipinski definition) is 5. The number of aryl methyl sites for hydroxylation is 1. The highest BCUT2D eigenvalue weighted by Crippen LogP contribution is 2.31. The lowest BCUT2D eigenvalue weighted by atomic mass is 9.99. The highest BCUT2D eigenvalue weighted by Gasteiger charge is 2.43. The van der Waals surface area contributed by atoms with Crippen LogP contribution in [0, 0.1) is 12.7 Å². The van der Waals surface area contributed by atoms with Crippen molar-refractivity contribution >= 4 is 17.6 Å². The zero-order valence-corrected chi connectivity index (χ0v) is 17.7. The maximum Gasteiger partial charge on any atom is 0.357 e. The second-order valence-electron chi connectivity index (χ2n) is 7.94. The fourth-order valence-corrected chi connectivity index (χ4v) is 3.57. The molecule has 1 saturated heterocycles. The first kappa shape index (κ1) is 21.9. The molecule has 1 aliphatic rings. The van der Waals surface area contributed by atoms with Gasteiger partial charge in [0.05, 0.1) is 18.2 Å². The second kappa shape index (κ2) is 8.93. The second-order valence-corrected chi connectivity index (χ2v) is 7.94. The van der Waals surface area contributed by atoms with Crippen LogP contribution in [0.3, 0.4) is 0 Å². The Morgan fingerprint density at radius 1 is 1.27 bits per heavy atom. The van der Waals surface area contributed by atoms with Crippen LogP contribution in [0.2, 0.25) is 0 Å². The molecule has 1 fully saturated rings. The van der Waals surface area contributed by atoms with Crippen LogP contribution < -0.4 is 5.32 Å². The minimum absolute atomic E-state index is 0.181. The molecule has 0 radical (unpaired) electrons. The van der Waals surface area contributed by atoms with Crippen LogP contribution in [-0.4, -0.2) is 35.3 Å². The number of amides is 1. The Morgan fingerprint density at radius 2 is 1.97 bits per heavy atom. The van der Waals surface area contributed by atoms with Gasteiger partial charge in [-0.05, 0) is 69.0 Å². The summed E-state index contributed by atoms with van der Waals surface area (Å²) in [5.74, 6) is -1.07. The van der Waals surface area contributed by atoms with Crippen molar-refractivity contribution in [2.75, 3.05) is 11.9 Å². The molecule has 1 heterocycles. The molecule has 0 aromatic heterocycles. The zero-order chi connectivity index (χ0) is 21.9. The fraction of sp³-hybridized carbons (Fsp3) is 0.391. The predicted octanol–water partition coefficient (Wildman–Crippen LogP) is 4.23. The molecule has 0 saturated carbocycles. The molecule has 1 amide bonds. The Hall–Kier alpha value is -2.77. The van der Waals surface area contributed by atoms with Gasteiger partial charge in [0.1, 0.15) is 11.5 Å². The number of carbonyl (C=O) groups is 2. The number of hydrogen-bond donors (Lipinski definition) is 1. The van der Waals surface area contributed by atoms with Gasteiger partial charge in [-0.2, -0.15) is 0 Å². The number of hydroxylamine groups is 2. The van der Waals surface area contributed by atoms with E-state index in [2.05, 4.69) is 5.32 Å². The van der Waals surface area contributed by atoms with Crippen LogP contribution in [0.25, 0.3) is 0 Å². The average molecular weight is 414 g/mol. The summed E-state index contributed by atoms with van der Waals surface area (Å²) in [7, 11) is 0. The van der Waals surface area contributed by atoms with E-state index in [4.69, 9.17) is 9.57 Å². The summed E-state index contributed by atoms with van der Waals surface area (Å²) in [6.07, 6.45) is 1.13. The Balaban J connectivity index is 1.73. The van der Waals surface area contributed by atoms with Gasteiger partial charge < -0.3 is 14.9 Å². The molecule has 160 valence electrons. The normalized spacial score (nSPS) is 18.2. The van der Waals surface area contributed by atoms with Gasteiger partial charge in [0.25, 0.3) is 0 Å². The molecular weight excluding hydrogens is 387 g/mol. The number of nitrogens with one attached hydrogen (secondary N) is 1. The average Bonchev–Trinajstić information content (AvgIpc) is 2.97. The number of benzene rings is 2. The standard InChI is InChI=1S/C23H27FN2O4/c1-15-18(12-19(13-21(15)24)25-16(2)27)10-11-20-14-29-23(3,4)26(20)30-22(28)17-8-6-5-7-9-17/h5-9,12-13,20H,10-11,14H2,1-4H3,(H,25,27)/t20-/m0/s1. The summed E-state index contributed by atoms with van der Waals surface area (Å²) < 4.78 is 20.1. The number of rotatable bonds is 6. The summed E-state index contributed by atoms with van der Waals surface area (Å²) in [5, 5.41) is 4.21. The lowest BCUT2D eigenvalue weighted by molar-refractivity contribution is -0.219. The molecule has 0 spiro atoms. The van der Waals surface area contributed by atoms with E-state index in [1.165, 1.54) is 13.0 Å². The Kier molecular flexibility index (Phi) is 6.53. The molecule has 2 aromatic rings. The largest absolute Gasteiger partial charge is 0.361 e. The molecule has 2 aromatic carbocycles. The van der Waals surface area contributed by atoms with Crippen molar-refractivity contribution in [3.63, 3.8) is 0 Å².